The van der Waals surface area contributed by atoms with Gasteiger partial charge in [-0.15, -0.1) is 0 Å². The molecule has 2 N–H and O–H groups in total. The summed E-state index contributed by atoms with van der Waals surface area (Å²) in [5, 5.41) is 9.80. The van der Waals surface area contributed by atoms with Crippen LogP contribution in [0.3, 0.4) is 0 Å². The smallest absolute Gasteiger partial charge is 0.0561 e. The zero-order chi connectivity index (χ0) is 27.1. The molecule has 0 radical (unpaired) electrons. The van der Waals surface area contributed by atoms with Gasteiger partial charge in [-0.2, -0.15) is 0 Å². The lowest BCUT2D eigenvalue weighted by Crippen LogP contribution is -1.96. The lowest BCUT2D eigenvalue weighted by molar-refractivity contribution is 1.19. The standard InChI is InChI=1S/C38H25N3/c39-26-19-20-30-32-23-37-31(22-38(32)41(36(30)21-26)34-18-8-12-25-10-2-4-14-28(25)34)29-15-5-6-16-35(29)40(37)33-17-7-11-24-9-1-3-13-27(24)33/h1-23H,39H2. The molecule has 0 atom stereocenters. The lowest BCUT2D eigenvalue weighted by atomic mass is 10.1. The van der Waals surface area contributed by atoms with E-state index >= 15 is 0 Å². The zero-order valence-corrected chi connectivity index (χ0v) is 22.3. The Bertz CT molecular complexity index is 2480. The van der Waals surface area contributed by atoms with Crippen molar-refractivity contribution in [3.05, 3.63) is 140 Å². The van der Waals surface area contributed by atoms with Crippen molar-refractivity contribution < 1.29 is 0 Å². The van der Waals surface area contributed by atoms with Gasteiger partial charge in [0.15, 0.2) is 0 Å². The predicted molar refractivity (Wildman–Crippen MR) is 175 cm³/mol. The van der Waals surface area contributed by atoms with Crippen LogP contribution in [-0.2, 0) is 0 Å². The Morgan fingerprint density at radius 2 is 0.805 bits per heavy atom. The van der Waals surface area contributed by atoms with Gasteiger partial charge in [-0.05, 0) is 53.2 Å². The fourth-order valence-corrected chi connectivity index (χ4v) is 6.82. The number of nitrogens with two attached hydrogens (primary N) is 1. The molecule has 7 aromatic carbocycles. The summed E-state index contributed by atoms with van der Waals surface area (Å²) in [5.41, 5.74) is 14.2. The topological polar surface area (TPSA) is 35.9 Å². The van der Waals surface area contributed by atoms with Crippen molar-refractivity contribution in [3.63, 3.8) is 0 Å². The summed E-state index contributed by atoms with van der Waals surface area (Å²) >= 11 is 0. The minimum absolute atomic E-state index is 0.761. The van der Waals surface area contributed by atoms with E-state index in [-0.39, 0.29) is 0 Å². The summed E-state index contributed by atoms with van der Waals surface area (Å²) in [6, 6.07) is 50.2. The van der Waals surface area contributed by atoms with Crippen LogP contribution in [0.25, 0.3) is 76.5 Å². The van der Waals surface area contributed by atoms with E-state index in [9.17, 15) is 0 Å². The third-order valence-corrected chi connectivity index (χ3v) is 8.60. The van der Waals surface area contributed by atoms with Crippen molar-refractivity contribution in [2.24, 2.45) is 0 Å². The number of hydrogen-bond donors (Lipinski definition) is 1. The summed E-state index contributed by atoms with van der Waals surface area (Å²) in [7, 11) is 0. The van der Waals surface area contributed by atoms with Gasteiger partial charge in [0, 0.05) is 38.0 Å². The third-order valence-electron chi connectivity index (χ3n) is 8.60. The van der Waals surface area contributed by atoms with E-state index in [0.717, 1.165) is 16.9 Å². The lowest BCUT2D eigenvalue weighted by Gasteiger charge is -2.13. The summed E-state index contributed by atoms with van der Waals surface area (Å²) in [5.74, 6) is 0. The van der Waals surface area contributed by atoms with E-state index in [1.54, 1.807) is 0 Å². The molecule has 9 aromatic rings. The highest BCUT2D eigenvalue weighted by Crippen LogP contribution is 2.41. The first kappa shape index (κ1) is 22.3. The molecular weight excluding hydrogens is 498 g/mol. The molecule has 0 bridgehead atoms. The van der Waals surface area contributed by atoms with Crippen molar-refractivity contribution >= 4 is 70.8 Å². The van der Waals surface area contributed by atoms with Crippen LogP contribution in [0.4, 0.5) is 5.69 Å². The summed E-state index contributed by atoms with van der Waals surface area (Å²) in [6.45, 7) is 0. The number of para-hydroxylation sites is 1. The molecule has 0 spiro atoms. The Morgan fingerprint density at radius 1 is 0.341 bits per heavy atom. The molecule has 0 saturated heterocycles. The van der Waals surface area contributed by atoms with Crippen LogP contribution < -0.4 is 5.73 Å². The minimum Gasteiger partial charge on any atom is -0.399 e. The van der Waals surface area contributed by atoms with Gasteiger partial charge in [0.25, 0.3) is 0 Å². The number of hydrogen-bond acceptors (Lipinski definition) is 1. The largest absolute Gasteiger partial charge is 0.399 e. The Balaban J connectivity index is 1.48. The number of anilines is 1. The quantitative estimate of drug-likeness (QED) is 0.225. The molecule has 3 heteroatoms. The Kier molecular flexibility index (Phi) is 4.48. The van der Waals surface area contributed by atoms with Gasteiger partial charge in [-0.1, -0.05) is 97.1 Å². The second-order valence-corrected chi connectivity index (χ2v) is 10.8. The molecule has 2 heterocycles. The minimum atomic E-state index is 0.761. The van der Waals surface area contributed by atoms with Crippen molar-refractivity contribution in [2.75, 3.05) is 5.73 Å². The molecule has 3 nitrogen and oxygen atoms in total. The van der Waals surface area contributed by atoms with E-state index in [1.165, 1.54) is 65.3 Å². The Hall–Kier alpha value is -5.54. The van der Waals surface area contributed by atoms with Crippen LogP contribution in [0, 0.1) is 0 Å². The fourth-order valence-electron chi connectivity index (χ4n) is 6.82. The van der Waals surface area contributed by atoms with Gasteiger partial charge in [0.2, 0.25) is 0 Å². The van der Waals surface area contributed by atoms with Gasteiger partial charge in [-0.25, -0.2) is 0 Å². The second kappa shape index (κ2) is 8.23. The first-order valence-electron chi connectivity index (χ1n) is 14.0. The Morgan fingerprint density at radius 3 is 1.44 bits per heavy atom. The number of fused-ring (bicyclic) bond motifs is 8. The highest BCUT2D eigenvalue weighted by Gasteiger charge is 2.20. The highest BCUT2D eigenvalue weighted by molar-refractivity contribution is 6.20. The van der Waals surface area contributed by atoms with E-state index in [2.05, 4.69) is 143 Å². The molecule has 0 amide bonds. The molecule has 0 unspecified atom stereocenters. The van der Waals surface area contributed by atoms with Crippen LogP contribution in [-0.4, -0.2) is 9.13 Å². The first-order valence-corrected chi connectivity index (χ1v) is 14.0. The van der Waals surface area contributed by atoms with Crippen LogP contribution in [0.1, 0.15) is 0 Å². The summed E-state index contributed by atoms with van der Waals surface area (Å²) in [4.78, 5) is 0. The molecule has 0 aliphatic rings. The maximum Gasteiger partial charge on any atom is 0.0561 e. The average Bonchev–Trinajstić information content (AvgIpc) is 3.50. The van der Waals surface area contributed by atoms with Gasteiger partial charge in [0.05, 0.1) is 33.4 Å². The number of nitrogen functional groups attached to an aromatic ring is 1. The van der Waals surface area contributed by atoms with Crippen LogP contribution >= 0.6 is 0 Å². The van der Waals surface area contributed by atoms with Crippen molar-refractivity contribution in [1.29, 1.82) is 0 Å². The van der Waals surface area contributed by atoms with E-state index in [0.29, 0.717) is 0 Å². The van der Waals surface area contributed by atoms with Crippen molar-refractivity contribution in [2.45, 2.75) is 0 Å². The highest BCUT2D eigenvalue weighted by atomic mass is 15.0. The van der Waals surface area contributed by atoms with Crippen molar-refractivity contribution in [1.82, 2.24) is 9.13 Å². The maximum atomic E-state index is 6.40. The van der Waals surface area contributed by atoms with Crippen molar-refractivity contribution in [3.8, 4) is 11.4 Å². The zero-order valence-electron chi connectivity index (χ0n) is 22.3. The van der Waals surface area contributed by atoms with Crippen LogP contribution in [0.15, 0.2) is 140 Å². The van der Waals surface area contributed by atoms with Gasteiger partial charge >= 0.3 is 0 Å². The summed E-state index contributed by atoms with van der Waals surface area (Å²) < 4.78 is 4.83. The van der Waals surface area contributed by atoms with Gasteiger partial charge < -0.3 is 14.9 Å². The predicted octanol–water partition coefficient (Wildman–Crippen LogP) is 9.77. The molecule has 0 aliphatic carbocycles. The number of aromatic nitrogens is 2. The molecule has 0 aliphatic heterocycles. The monoisotopic (exact) mass is 523 g/mol. The molecule has 41 heavy (non-hydrogen) atoms. The molecule has 9 rings (SSSR count). The normalized spacial score (nSPS) is 12.0. The third kappa shape index (κ3) is 3.09. The van der Waals surface area contributed by atoms with Gasteiger partial charge in [0.1, 0.15) is 0 Å². The molecule has 0 fully saturated rings. The van der Waals surface area contributed by atoms with Crippen LogP contribution in [0.2, 0.25) is 0 Å². The average molecular weight is 524 g/mol. The molecule has 0 saturated carbocycles. The maximum absolute atomic E-state index is 6.40. The first-order chi connectivity index (χ1) is 20.3. The summed E-state index contributed by atoms with van der Waals surface area (Å²) in [6.07, 6.45) is 0. The fraction of sp³-hybridized carbons (Fsp3) is 0. The van der Waals surface area contributed by atoms with E-state index in [4.69, 9.17) is 5.73 Å². The molecule has 2 aromatic heterocycles. The number of rotatable bonds is 2. The number of benzene rings is 7. The Labute approximate surface area is 236 Å². The number of nitrogens with zero attached hydrogens (tertiary/aromatic N) is 2. The molecule has 192 valence electrons. The van der Waals surface area contributed by atoms with Gasteiger partial charge in [-0.3, -0.25) is 0 Å². The van der Waals surface area contributed by atoms with Crippen LogP contribution in [0.5, 0.6) is 0 Å². The SMILES string of the molecule is Nc1ccc2c3cc4c(cc3n(-c3cccc5ccccc35)c2c1)c1ccccc1n4-c1cccc2ccccc12. The second-order valence-electron chi connectivity index (χ2n) is 10.8. The molecular formula is C38H25N3. The van der Waals surface area contributed by atoms with E-state index < -0.39 is 0 Å². The van der Waals surface area contributed by atoms with E-state index in [1.807, 2.05) is 6.07 Å².